The van der Waals surface area contributed by atoms with Crippen molar-refractivity contribution in [3.63, 3.8) is 0 Å². The molecule has 0 aliphatic rings. The van der Waals surface area contributed by atoms with E-state index < -0.39 is 34.4 Å². The first kappa shape index (κ1) is 31.6. The van der Waals surface area contributed by atoms with Gasteiger partial charge in [-0.15, -0.1) is 0 Å². The van der Waals surface area contributed by atoms with Gasteiger partial charge in [0.2, 0.25) is 11.8 Å². The standard InChI is InChI=1S/C33H34ClN3O5S/c1-3-42-31-21-13-12-20-29(31)37(43(40,41)27-17-8-5-9-18-27)24-32(38)36(23-26-16-10-11-19-28(26)34)30(33(39)35-2)22-25-14-6-4-7-15-25/h4-21,30H,3,22-24H2,1-2H3,(H,35,39)/t30-/m1/s1. The Morgan fingerprint density at radius 3 is 2.12 bits per heavy atom. The summed E-state index contributed by atoms with van der Waals surface area (Å²) in [5.74, 6) is -0.672. The zero-order chi connectivity index (χ0) is 30.8. The Balaban J connectivity index is 1.82. The number of rotatable bonds is 13. The number of hydrogen-bond donors (Lipinski definition) is 1. The molecule has 0 spiro atoms. The molecule has 1 atom stereocenters. The van der Waals surface area contributed by atoms with E-state index in [1.54, 1.807) is 73.7 Å². The summed E-state index contributed by atoms with van der Waals surface area (Å²) in [5, 5.41) is 3.09. The molecule has 2 amide bonds. The average Bonchev–Trinajstić information content (AvgIpc) is 3.03. The lowest BCUT2D eigenvalue weighted by atomic mass is 10.0. The van der Waals surface area contributed by atoms with Crippen molar-refractivity contribution in [3.8, 4) is 5.75 Å². The molecule has 1 N–H and O–H groups in total. The lowest BCUT2D eigenvalue weighted by molar-refractivity contribution is -0.139. The van der Waals surface area contributed by atoms with Gasteiger partial charge in [-0.3, -0.25) is 13.9 Å². The molecule has 4 aromatic carbocycles. The van der Waals surface area contributed by atoms with Crippen LogP contribution in [0.25, 0.3) is 0 Å². The molecule has 0 radical (unpaired) electrons. The number of para-hydroxylation sites is 2. The van der Waals surface area contributed by atoms with Gasteiger partial charge in [-0.2, -0.15) is 0 Å². The van der Waals surface area contributed by atoms with Crippen LogP contribution in [0.15, 0.2) is 114 Å². The van der Waals surface area contributed by atoms with Crippen LogP contribution < -0.4 is 14.4 Å². The minimum Gasteiger partial charge on any atom is -0.492 e. The number of ether oxygens (including phenoxy) is 1. The van der Waals surface area contributed by atoms with E-state index in [1.165, 1.54) is 24.1 Å². The maximum Gasteiger partial charge on any atom is 0.264 e. The van der Waals surface area contributed by atoms with E-state index in [4.69, 9.17) is 16.3 Å². The molecule has 43 heavy (non-hydrogen) atoms. The maximum absolute atomic E-state index is 14.4. The quantitative estimate of drug-likeness (QED) is 0.219. The highest BCUT2D eigenvalue weighted by atomic mass is 35.5. The zero-order valence-electron chi connectivity index (χ0n) is 24.0. The number of halogens is 1. The van der Waals surface area contributed by atoms with Crippen LogP contribution in [-0.2, 0) is 32.6 Å². The van der Waals surface area contributed by atoms with Gasteiger partial charge in [0.1, 0.15) is 18.3 Å². The molecule has 0 aliphatic carbocycles. The van der Waals surface area contributed by atoms with Gasteiger partial charge in [-0.25, -0.2) is 8.42 Å². The van der Waals surface area contributed by atoms with Crippen LogP contribution in [0.4, 0.5) is 5.69 Å². The Bertz CT molecular complexity index is 1630. The van der Waals surface area contributed by atoms with Crippen LogP contribution in [0.5, 0.6) is 5.75 Å². The molecule has 0 heterocycles. The Labute approximate surface area is 257 Å². The van der Waals surface area contributed by atoms with Crippen LogP contribution >= 0.6 is 11.6 Å². The monoisotopic (exact) mass is 619 g/mol. The van der Waals surface area contributed by atoms with E-state index in [9.17, 15) is 18.0 Å². The third kappa shape index (κ3) is 7.74. The van der Waals surface area contributed by atoms with Crippen LogP contribution in [-0.4, -0.2) is 51.4 Å². The summed E-state index contributed by atoms with van der Waals surface area (Å²) in [6, 6.07) is 30.0. The van der Waals surface area contributed by atoms with Crippen LogP contribution in [0.2, 0.25) is 5.02 Å². The summed E-state index contributed by atoms with van der Waals surface area (Å²) < 4.78 is 35.0. The fourth-order valence-corrected chi connectivity index (χ4v) is 6.35. The van der Waals surface area contributed by atoms with Gasteiger partial charge >= 0.3 is 0 Å². The van der Waals surface area contributed by atoms with Crippen molar-refractivity contribution >= 4 is 39.1 Å². The Morgan fingerprint density at radius 2 is 1.47 bits per heavy atom. The number of nitrogens with one attached hydrogen (secondary N) is 1. The van der Waals surface area contributed by atoms with Gasteiger partial charge in [-0.1, -0.05) is 90.5 Å². The molecule has 0 unspecified atom stereocenters. The number of carbonyl (C=O) groups excluding carboxylic acids is 2. The van der Waals surface area contributed by atoms with E-state index in [0.717, 1.165) is 9.87 Å². The molecule has 10 heteroatoms. The highest BCUT2D eigenvalue weighted by molar-refractivity contribution is 7.92. The van der Waals surface area contributed by atoms with Gasteiger partial charge in [0.25, 0.3) is 10.0 Å². The zero-order valence-corrected chi connectivity index (χ0v) is 25.6. The molecule has 0 saturated carbocycles. The summed E-state index contributed by atoms with van der Waals surface area (Å²) in [6.07, 6.45) is 0.206. The predicted octanol–water partition coefficient (Wildman–Crippen LogP) is 5.32. The Kier molecular flexibility index (Phi) is 10.8. The summed E-state index contributed by atoms with van der Waals surface area (Å²) in [6.45, 7) is 1.48. The number of anilines is 1. The van der Waals surface area contributed by atoms with Crippen molar-refractivity contribution in [3.05, 3.63) is 125 Å². The van der Waals surface area contributed by atoms with E-state index in [0.29, 0.717) is 22.9 Å². The Morgan fingerprint density at radius 1 is 0.860 bits per heavy atom. The number of benzene rings is 4. The number of sulfonamides is 1. The van der Waals surface area contributed by atoms with Crippen molar-refractivity contribution < 1.29 is 22.7 Å². The third-order valence-corrected chi connectivity index (χ3v) is 9.00. The molecule has 224 valence electrons. The highest BCUT2D eigenvalue weighted by Crippen LogP contribution is 2.33. The number of likely N-dealkylation sites (N-methyl/N-ethyl adjacent to an activating group) is 1. The number of carbonyl (C=O) groups is 2. The minimum atomic E-state index is -4.24. The molecule has 4 aromatic rings. The van der Waals surface area contributed by atoms with Crippen LogP contribution in [0.3, 0.4) is 0 Å². The second-order valence-corrected chi connectivity index (χ2v) is 11.9. The van der Waals surface area contributed by atoms with Crippen molar-refractivity contribution in [2.45, 2.75) is 30.8 Å². The summed E-state index contributed by atoms with van der Waals surface area (Å²) in [7, 11) is -2.73. The van der Waals surface area contributed by atoms with Gasteiger partial charge in [-0.05, 0) is 48.4 Å². The van der Waals surface area contributed by atoms with Crippen LogP contribution in [0, 0.1) is 0 Å². The molecule has 0 aliphatic heterocycles. The SMILES string of the molecule is CCOc1ccccc1N(CC(=O)N(Cc1ccccc1Cl)[C@H](Cc1ccccc1)C(=O)NC)S(=O)(=O)c1ccccc1. The molecule has 0 saturated heterocycles. The normalized spacial score (nSPS) is 11.8. The maximum atomic E-state index is 14.4. The lowest BCUT2D eigenvalue weighted by Crippen LogP contribution is -2.53. The van der Waals surface area contributed by atoms with E-state index >= 15 is 0 Å². The smallest absolute Gasteiger partial charge is 0.264 e. The van der Waals surface area contributed by atoms with Crippen LogP contribution in [0.1, 0.15) is 18.1 Å². The van der Waals surface area contributed by atoms with Crippen molar-refractivity contribution in [2.24, 2.45) is 0 Å². The van der Waals surface area contributed by atoms with E-state index in [1.807, 2.05) is 30.3 Å². The summed E-state index contributed by atoms with van der Waals surface area (Å²) in [4.78, 5) is 29.2. The molecule has 0 bridgehead atoms. The molecule has 0 aromatic heterocycles. The van der Waals surface area contributed by atoms with Gasteiger partial charge in [0.05, 0.1) is 17.2 Å². The second-order valence-electron chi connectivity index (χ2n) is 9.66. The number of nitrogens with zero attached hydrogens (tertiary/aromatic N) is 2. The third-order valence-electron chi connectivity index (χ3n) is 6.86. The molecule has 0 fully saturated rings. The first-order valence-electron chi connectivity index (χ1n) is 13.8. The molecule has 8 nitrogen and oxygen atoms in total. The van der Waals surface area contributed by atoms with Gasteiger partial charge in [0, 0.05) is 25.0 Å². The number of amides is 2. The summed E-state index contributed by atoms with van der Waals surface area (Å²) in [5.41, 5.74) is 1.66. The second kappa shape index (κ2) is 14.7. The molecular weight excluding hydrogens is 586 g/mol. The molecule has 4 rings (SSSR count). The van der Waals surface area contributed by atoms with Gasteiger partial charge < -0.3 is 15.0 Å². The van der Waals surface area contributed by atoms with Crippen molar-refractivity contribution in [1.29, 1.82) is 0 Å². The van der Waals surface area contributed by atoms with Crippen molar-refractivity contribution in [2.75, 3.05) is 24.5 Å². The lowest BCUT2D eigenvalue weighted by Gasteiger charge is -2.34. The van der Waals surface area contributed by atoms with E-state index in [-0.39, 0.29) is 23.5 Å². The largest absolute Gasteiger partial charge is 0.492 e. The fourth-order valence-electron chi connectivity index (χ4n) is 4.70. The topological polar surface area (TPSA) is 96.0 Å². The Hall–Kier alpha value is -4.34. The van der Waals surface area contributed by atoms with Gasteiger partial charge in [0.15, 0.2) is 0 Å². The first-order valence-corrected chi connectivity index (χ1v) is 15.7. The first-order chi connectivity index (χ1) is 20.8. The predicted molar refractivity (Wildman–Crippen MR) is 169 cm³/mol. The van der Waals surface area contributed by atoms with E-state index in [2.05, 4.69) is 5.32 Å². The number of hydrogen-bond acceptors (Lipinski definition) is 5. The summed E-state index contributed by atoms with van der Waals surface area (Å²) >= 11 is 6.50. The fraction of sp³-hybridized carbons (Fsp3) is 0.212. The molecular formula is C33H34ClN3O5S. The van der Waals surface area contributed by atoms with Crippen molar-refractivity contribution in [1.82, 2.24) is 10.2 Å². The minimum absolute atomic E-state index is 0.0129. The highest BCUT2D eigenvalue weighted by Gasteiger charge is 2.35. The average molecular weight is 620 g/mol.